The average molecular weight is 469 g/mol. The zero-order valence-electron chi connectivity index (χ0n) is 17.0. The zero-order chi connectivity index (χ0) is 22.3. The van der Waals surface area contributed by atoms with Crippen molar-refractivity contribution in [2.75, 3.05) is 11.9 Å². The first-order valence-electron chi connectivity index (χ1n) is 9.97. The third-order valence-corrected chi connectivity index (χ3v) is 6.95. The van der Waals surface area contributed by atoms with E-state index in [1.54, 1.807) is 18.3 Å². The molecule has 0 bridgehead atoms. The molecule has 2 amide bonds. The Labute approximate surface area is 192 Å². The van der Waals surface area contributed by atoms with Crippen LogP contribution in [-0.4, -0.2) is 23.6 Å². The van der Waals surface area contributed by atoms with Crippen molar-refractivity contribution in [3.05, 3.63) is 62.8 Å². The molecule has 0 aliphatic heterocycles. The molecule has 1 aliphatic carbocycles. The molecule has 1 aliphatic rings. The van der Waals surface area contributed by atoms with Gasteiger partial charge in [-0.25, -0.2) is 9.78 Å². The summed E-state index contributed by atoms with van der Waals surface area (Å²) >= 11 is 2.89. The van der Waals surface area contributed by atoms with E-state index in [0.29, 0.717) is 36.6 Å². The number of anilines is 1. The number of alkyl carbamates (subject to hydrolysis) is 1. The van der Waals surface area contributed by atoms with E-state index < -0.39 is 6.09 Å². The Balaban J connectivity index is 1.32. The smallest absolute Gasteiger partial charge is 0.407 e. The Morgan fingerprint density at radius 1 is 1.44 bits per heavy atom. The molecule has 4 rings (SSSR count). The van der Waals surface area contributed by atoms with Crippen LogP contribution in [0.3, 0.4) is 0 Å². The summed E-state index contributed by atoms with van der Waals surface area (Å²) < 4.78 is 10.3. The molecule has 0 radical (unpaired) electrons. The van der Waals surface area contributed by atoms with Crippen molar-refractivity contribution < 1.29 is 18.7 Å². The summed E-state index contributed by atoms with van der Waals surface area (Å²) in [5.41, 5.74) is 2.29. The van der Waals surface area contributed by atoms with E-state index in [4.69, 9.17) is 9.15 Å². The Kier molecular flexibility index (Phi) is 6.99. The Morgan fingerprint density at radius 3 is 3.09 bits per heavy atom. The van der Waals surface area contributed by atoms with Crippen molar-refractivity contribution in [3.8, 4) is 6.07 Å². The van der Waals surface area contributed by atoms with Gasteiger partial charge in [0.25, 0.3) is 0 Å². The van der Waals surface area contributed by atoms with Gasteiger partial charge in [-0.15, -0.1) is 22.7 Å². The number of hydrogen-bond acceptors (Lipinski definition) is 8. The van der Waals surface area contributed by atoms with Crippen LogP contribution in [0.2, 0.25) is 0 Å². The number of rotatable bonds is 7. The monoisotopic (exact) mass is 468 g/mol. The molecule has 164 valence electrons. The number of hydrogen-bond donors (Lipinski definition) is 2. The molecule has 10 heteroatoms. The molecular weight excluding hydrogens is 448 g/mol. The second-order valence-electron chi connectivity index (χ2n) is 7.19. The van der Waals surface area contributed by atoms with E-state index >= 15 is 0 Å². The van der Waals surface area contributed by atoms with E-state index in [0.717, 1.165) is 27.4 Å². The van der Waals surface area contributed by atoms with Gasteiger partial charge in [0.2, 0.25) is 5.91 Å². The summed E-state index contributed by atoms with van der Waals surface area (Å²) in [5, 5.41) is 18.4. The predicted molar refractivity (Wildman–Crippen MR) is 121 cm³/mol. The van der Waals surface area contributed by atoms with Crippen LogP contribution in [0.5, 0.6) is 0 Å². The number of nitrogens with zero attached hydrogens (tertiary/aromatic N) is 2. The summed E-state index contributed by atoms with van der Waals surface area (Å²) in [4.78, 5) is 29.4. The molecule has 0 aromatic carbocycles. The van der Waals surface area contributed by atoms with Crippen LogP contribution in [0.25, 0.3) is 6.08 Å². The predicted octanol–water partition coefficient (Wildman–Crippen LogP) is 4.35. The molecular formula is C22H20N4O4S2. The number of carbonyl (C=O) groups excluding carboxylic acids is 2. The third kappa shape index (κ3) is 5.43. The number of furan rings is 1. The maximum absolute atomic E-state index is 12.3. The first-order chi connectivity index (χ1) is 15.6. The number of nitriles is 1. The lowest BCUT2D eigenvalue weighted by atomic mass is 9.88. The highest BCUT2D eigenvalue weighted by Crippen LogP contribution is 2.39. The van der Waals surface area contributed by atoms with E-state index in [1.807, 2.05) is 5.38 Å². The van der Waals surface area contributed by atoms with E-state index in [1.165, 1.54) is 41.3 Å². The maximum Gasteiger partial charge on any atom is 0.407 e. The van der Waals surface area contributed by atoms with Crippen LogP contribution in [-0.2, 0) is 28.9 Å². The fourth-order valence-corrected chi connectivity index (χ4v) is 5.30. The topological polar surface area (TPSA) is 117 Å². The van der Waals surface area contributed by atoms with Gasteiger partial charge in [0, 0.05) is 28.1 Å². The highest BCUT2D eigenvalue weighted by Gasteiger charge is 2.27. The Morgan fingerprint density at radius 2 is 2.34 bits per heavy atom. The average Bonchev–Trinajstić information content (AvgIpc) is 3.55. The lowest BCUT2D eigenvalue weighted by molar-refractivity contribution is -0.111. The second kappa shape index (κ2) is 10.3. The van der Waals surface area contributed by atoms with Crippen molar-refractivity contribution in [1.29, 1.82) is 5.26 Å². The second-order valence-corrected chi connectivity index (χ2v) is 9.27. The van der Waals surface area contributed by atoms with Gasteiger partial charge in [-0.3, -0.25) is 4.79 Å². The molecule has 8 nitrogen and oxygen atoms in total. The van der Waals surface area contributed by atoms with Crippen LogP contribution in [0.1, 0.15) is 33.0 Å². The fourth-order valence-electron chi connectivity index (χ4n) is 3.43. The van der Waals surface area contributed by atoms with E-state index in [2.05, 4.69) is 21.7 Å². The van der Waals surface area contributed by atoms with Gasteiger partial charge >= 0.3 is 6.09 Å². The van der Waals surface area contributed by atoms with Crippen molar-refractivity contribution >= 4 is 45.8 Å². The highest BCUT2D eigenvalue weighted by molar-refractivity contribution is 7.16. The first kappa shape index (κ1) is 21.8. The quantitative estimate of drug-likeness (QED) is 0.498. The minimum atomic E-state index is -0.466. The molecule has 0 fully saturated rings. The molecule has 3 aromatic heterocycles. The maximum atomic E-state index is 12.3. The molecule has 0 spiro atoms. The molecule has 1 unspecified atom stereocenters. The highest BCUT2D eigenvalue weighted by atomic mass is 32.1. The van der Waals surface area contributed by atoms with Gasteiger partial charge in [-0.2, -0.15) is 5.26 Å². The number of fused-ring (bicyclic) bond motifs is 1. The number of ether oxygens (including phenoxy) is 1. The number of amides is 2. The van der Waals surface area contributed by atoms with Crippen molar-refractivity contribution in [2.45, 2.75) is 25.8 Å². The zero-order valence-corrected chi connectivity index (χ0v) is 18.6. The summed E-state index contributed by atoms with van der Waals surface area (Å²) in [5.74, 6) is -0.138. The molecule has 3 heterocycles. The Bertz CT molecular complexity index is 1140. The van der Waals surface area contributed by atoms with Gasteiger partial charge in [0.1, 0.15) is 16.1 Å². The normalized spacial score (nSPS) is 15.2. The van der Waals surface area contributed by atoms with Crippen LogP contribution in [0, 0.1) is 17.2 Å². The summed E-state index contributed by atoms with van der Waals surface area (Å²) in [6, 6.07) is 3.98. The lowest BCUT2D eigenvalue weighted by Crippen LogP contribution is -2.27. The Hall–Kier alpha value is -3.42. The SMILES string of the molecule is N#Cc1c(NC(=O)C=Cc2ccoc2)sc2c1CCC(COC(=O)NCc1nccs1)C2. The molecule has 32 heavy (non-hydrogen) atoms. The standard InChI is InChI=1S/C22H20N4O4S2/c23-10-17-16-3-1-15(13-30-22(28)25-11-20-24-6-8-31-20)9-18(16)32-21(17)26-19(27)4-2-14-5-7-29-12-14/h2,4-8,12,15H,1,3,9,11,13H2,(H,25,28)(H,26,27). The molecule has 2 N–H and O–H groups in total. The molecule has 0 saturated carbocycles. The van der Waals surface area contributed by atoms with Gasteiger partial charge in [-0.1, -0.05) is 0 Å². The van der Waals surface area contributed by atoms with Crippen molar-refractivity contribution in [3.63, 3.8) is 0 Å². The number of carbonyl (C=O) groups is 2. The van der Waals surface area contributed by atoms with Gasteiger partial charge in [0.05, 0.1) is 31.2 Å². The number of aromatic nitrogens is 1. The van der Waals surface area contributed by atoms with E-state index in [-0.39, 0.29) is 11.8 Å². The van der Waals surface area contributed by atoms with Crippen LogP contribution < -0.4 is 10.6 Å². The van der Waals surface area contributed by atoms with Gasteiger partial charge in [-0.05, 0) is 42.9 Å². The third-order valence-electron chi connectivity index (χ3n) is 5.00. The first-order valence-corrected chi connectivity index (χ1v) is 11.7. The van der Waals surface area contributed by atoms with Crippen LogP contribution in [0.4, 0.5) is 9.80 Å². The molecule has 0 saturated heterocycles. The summed E-state index contributed by atoms with van der Waals surface area (Å²) in [6.07, 6.45) is 9.57. The fraction of sp³-hybridized carbons (Fsp3) is 0.273. The van der Waals surface area contributed by atoms with Crippen LogP contribution in [0.15, 0.2) is 40.7 Å². The summed E-state index contributed by atoms with van der Waals surface area (Å²) in [7, 11) is 0. The number of thiophene rings is 1. The van der Waals surface area contributed by atoms with Crippen LogP contribution >= 0.6 is 22.7 Å². The largest absolute Gasteiger partial charge is 0.472 e. The molecule has 1 atom stereocenters. The minimum absolute atomic E-state index is 0.169. The summed E-state index contributed by atoms with van der Waals surface area (Å²) in [6.45, 7) is 0.651. The van der Waals surface area contributed by atoms with Gasteiger partial charge < -0.3 is 19.8 Å². The number of thiazole rings is 1. The number of nitrogens with one attached hydrogen (secondary N) is 2. The van der Waals surface area contributed by atoms with Crippen molar-refractivity contribution in [2.24, 2.45) is 5.92 Å². The van der Waals surface area contributed by atoms with Gasteiger partial charge in [0.15, 0.2) is 0 Å². The minimum Gasteiger partial charge on any atom is -0.472 e. The van der Waals surface area contributed by atoms with E-state index in [9.17, 15) is 14.9 Å². The molecule has 3 aromatic rings. The lowest BCUT2D eigenvalue weighted by Gasteiger charge is -2.21. The van der Waals surface area contributed by atoms with Crippen molar-refractivity contribution in [1.82, 2.24) is 10.3 Å².